The highest BCUT2D eigenvalue weighted by Gasteiger charge is 2.19. The average Bonchev–Trinajstić information content (AvgIpc) is 2.37. The highest BCUT2D eigenvalue weighted by Crippen LogP contribution is 2.24. The molecule has 1 aliphatic heterocycles. The summed E-state index contributed by atoms with van der Waals surface area (Å²) >= 11 is 3.19. The lowest BCUT2D eigenvalue weighted by atomic mass is 10.1. The lowest BCUT2D eigenvalue weighted by molar-refractivity contribution is -0.0499. The van der Waals surface area contributed by atoms with E-state index in [0.717, 1.165) is 13.1 Å². The number of benzene rings is 1. The Morgan fingerprint density at radius 3 is 2.63 bits per heavy atom. The van der Waals surface area contributed by atoms with E-state index in [0.29, 0.717) is 23.1 Å². The van der Waals surface area contributed by atoms with Gasteiger partial charge in [0.25, 0.3) is 5.91 Å². The molecule has 1 aromatic rings. The molecule has 19 heavy (non-hydrogen) atoms. The Balaban J connectivity index is 2.18. The molecule has 0 atom stereocenters. The number of hydrogen-bond acceptors (Lipinski definition) is 3. The summed E-state index contributed by atoms with van der Waals surface area (Å²) < 4.78 is 29.3. The maximum Gasteiger partial charge on any atom is 0.387 e. The van der Waals surface area contributed by atoms with Gasteiger partial charge in [-0.25, -0.2) is 0 Å². The van der Waals surface area contributed by atoms with Gasteiger partial charge in [0, 0.05) is 36.2 Å². The van der Waals surface area contributed by atoms with Crippen molar-refractivity contribution in [1.29, 1.82) is 0 Å². The summed E-state index contributed by atoms with van der Waals surface area (Å²) in [6.45, 7) is -0.219. The predicted octanol–water partition coefficient (Wildman–Crippen LogP) is 2.10. The van der Waals surface area contributed by atoms with Crippen LogP contribution >= 0.6 is 15.9 Å². The van der Waals surface area contributed by atoms with Gasteiger partial charge < -0.3 is 15.0 Å². The molecular formula is C12H13BrF2N2O2. The maximum absolute atomic E-state index is 12.2. The Morgan fingerprint density at radius 1 is 1.32 bits per heavy atom. The second-order valence-corrected chi connectivity index (χ2v) is 5.01. The quantitative estimate of drug-likeness (QED) is 0.920. The van der Waals surface area contributed by atoms with Crippen LogP contribution in [0.1, 0.15) is 10.4 Å². The molecule has 4 nitrogen and oxygen atoms in total. The highest BCUT2D eigenvalue weighted by molar-refractivity contribution is 9.10. The van der Waals surface area contributed by atoms with Crippen molar-refractivity contribution in [2.24, 2.45) is 0 Å². The molecule has 104 valence electrons. The van der Waals surface area contributed by atoms with Gasteiger partial charge in [-0.05, 0) is 18.2 Å². The van der Waals surface area contributed by atoms with Crippen LogP contribution in [0.2, 0.25) is 0 Å². The van der Waals surface area contributed by atoms with Crippen LogP contribution in [0, 0.1) is 0 Å². The third-order valence-electron chi connectivity index (χ3n) is 2.75. The number of hydrogen-bond donors (Lipinski definition) is 1. The Hall–Kier alpha value is -1.21. The first-order valence-corrected chi connectivity index (χ1v) is 6.61. The number of halogens is 3. The van der Waals surface area contributed by atoms with Crippen LogP contribution < -0.4 is 10.1 Å². The minimum atomic E-state index is -2.91. The topological polar surface area (TPSA) is 41.6 Å². The van der Waals surface area contributed by atoms with E-state index < -0.39 is 6.61 Å². The van der Waals surface area contributed by atoms with E-state index in [1.165, 1.54) is 12.1 Å². The van der Waals surface area contributed by atoms with Gasteiger partial charge in [-0.15, -0.1) is 0 Å². The number of ether oxygens (including phenoxy) is 1. The molecule has 1 aliphatic rings. The standard InChI is InChI=1S/C12H13BrF2N2O2/c13-9-5-8(6-10(7-9)19-12(14)15)11(18)17-3-1-16-2-4-17/h5-7,12,16H,1-4H2. The first-order chi connectivity index (χ1) is 9.06. The molecule has 0 radical (unpaired) electrons. The van der Waals surface area contributed by atoms with Crippen molar-refractivity contribution in [3.63, 3.8) is 0 Å². The monoisotopic (exact) mass is 334 g/mol. The van der Waals surface area contributed by atoms with Crippen molar-refractivity contribution in [3.8, 4) is 5.75 Å². The fraction of sp³-hybridized carbons (Fsp3) is 0.417. The normalized spacial score (nSPS) is 15.7. The second-order valence-electron chi connectivity index (χ2n) is 4.10. The van der Waals surface area contributed by atoms with E-state index in [4.69, 9.17) is 0 Å². The molecule has 0 bridgehead atoms. The van der Waals surface area contributed by atoms with Gasteiger partial charge in [-0.2, -0.15) is 8.78 Å². The third-order valence-corrected chi connectivity index (χ3v) is 3.21. The number of nitrogens with one attached hydrogen (secondary N) is 1. The average molecular weight is 335 g/mol. The number of carbonyl (C=O) groups excluding carboxylic acids is 1. The van der Waals surface area contributed by atoms with Crippen LogP contribution in [-0.2, 0) is 0 Å². The van der Waals surface area contributed by atoms with Crippen LogP contribution in [0.4, 0.5) is 8.78 Å². The lowest BCUT2D eigenvalue weighted by Gasteiger charge is -2.27. The zero-order valence-corrected chi connectivity index (χ0v) is 11.6. The van der Waals surface area contributed by atoms with E-state index in [1.807, 2.05) is 0 Å². The second kappa shape index (κ2) is 6.29. The number of carbonyl (C=O) groups is 1. The summed E-state index contributed by atoms with van der Waals surface area (Å²) in [5.74, 6) is -0.204. The van der Waals surface area contributed by atoms with Crippen LogP contribution in [0.3, 0.4) is 0 Å². The molecule has 1 aromatic carbocycles. The Bertz CT molecular complexity index is 465. The van der Waals surface area contributed by atoms with E-state index in [9.17, 15) is 13.6 Å². The maximum atomic E-state index is 12.2. The zero-order valence-electron chi connectivity index (χ0n) is 10.0. The summed E-state index contributed by atoms with van der Waals surface area (Å²) in [6.07, 6.45) is 0. The van der Waals surface area contributed by atoms with Crippen molar-refractivity contribution < 1.29 is 18.3 Å². The Morgan fingerprint density at radius 2 is 2.00 bits per heavy atom. The first kappa shape index (κ1) is 14.2. The van der Waals surface area contributed by atoms with Crippen molar-refractivity contribution in [3.05, 3.63) is 28.2 Å². The molecule has 0 saturated carbocycles. The van der Waals surface area contributed by atoms with E-state index in [-0.39, 0.29) is 11.7 Å². The van der Waals surface area contributed by atoms with Crippen molar-refractivity contribution in [1.82, 2.24) is 10.2 Å². The molecule has 7 heteroatoms. The molecule has 1 amide bonds. The smallest absolute Gasteiger partial charge is 0.387 e. The molecule has 1 saturated heterocycles. The number of rotatable bonds is 3. The Kier molecular flexibility index (Phi) is 4.71. The van der Waals surface area contributed by atoms with Gasteiger partial charge in [-0.1, -0.05) is 15.9 Å². The summed E-state index contributed by atoms with van der Waals surface area (Å²) in [5.41, 5.74) is 0.340. The number of alkyl halides is 2. The molecule has 0 aromatic heterocycles. The van der Waals surface area contributed by atoms with Crippen molar-refractivity contribution in [2.75, 3.05) is 26.2 Å². The fourth-order valence-electron chi connectivity index (χ4n) is 1.91. The molecule has 1 heterocycles. The van der Waals surface area contributed by atoms with E-state index in [1.54, 1.807) is 11.0 Å². The van der Waals surface area contributed by atoms with Crippen LogP contribution in [0.5, 0.6) is 5.75 Å². The minimum Gasteiger partial charge on any atom is -0.435 e. The highest BCUT2D eigenvalue weighted by atomic mass is 79.9. The summed E-state index contributed by atoms with van der Waals surface area (Å²) in [4.78, 5) is 13.9. The van der Waals surface area contributed by atoms with Crippen molar-refractivity contribution in [2.45, 2.75) is 6.61 Å². The largest absolute Gasteiger partial charge is 0.435 e. The summed E-state index contributed by atoms with van der Waals surface area (Å²) in [6, 6.07) is 4.34. The molecule has 1 N–H and O–H groups in total. The third kappa shape index (κ3) is 3.87. The molecule has 0 unspecified atom stereocenters. The fourth-order valence-corrected chi connectivity index (χ4v) is 2.38. The molecule has 0 spiro atoms. The minimum absolute atomic E-state index is 0.0251. The zero-order chi connectivity index (χ0) is 13.8. The van der Waals surface area contributed by atoms with Crippen LogP contribution in [-0.4, -0.2) is 43.6 Å². The predicted molar refractivity (Wildman–Crippen MR) is 69.5 cm³/mol. The van der Waals surface area contributed by atoms with Gasteiger partial charge >= 0.3 is 6.61 Å². The molecule has 1 fully saturated rings. The van der Waals surface area contributed by atoms with E-state index in [2.05, 4.69) is 26.0 Å². The van der Waals surface area contributed by atoms with Gasteiger partial charge in [0.1, 0.15) is 5.75 Å². The van der Waals surface area contributed by atoms with Gasteiger partial charge in [0.2, 0.25) is 0 Å². The number of nitrogens with zero attached hydrogens (tertiary/aromatic N) is 1. The molecule has 2 rings (SSSR count). The Labute approximate surface area is 117 Å². The van der Waals surface area contributed by atoms with Gasteiger partial charge in [0.15, 0.2) is 0 Å². The van der Waals surface area contributed by atoms with Crippen LogP contribution in [0.15, 0.2) is 22.7 Å². The first-order valence-electron chi connectivity index (χ1n) is 5.81. The molecule has 0 aliphatic carbocycles. The van der Waals surface area contributed by atoms with Gasteiger partial charge in [-0.3, -0.25) is 4.79 Å². The van der Waals surface area contributed by atoms with Crippen LogP contribution in [0.25, 0.3) is 0 Å². The SMILES string of the molecule is O=C(c1cc(Br)cc(OC(F)F)c1)N1CCNCC1. The number of piperazine rings is 1. The lowest BCUT2D eigenvalue weighted by Crippen LogP contribution is -2.46. The van der Waals surface area contributed by atoms with Gasteiger partial charge in [0.05, 0.1) is 0 Å². The van der Waals surface area contributed by atoms with E-state index >= 15 is 0 Å². The molecular weight excluding hydrogens is 322 g/mol. The number of amides is 1. The summed E-state index contributed by atoms with van der Waals surface area (Å²) in [5, 5.41) is 3.14. The summed E-state index contributed by atoms with van der Waals surface area (Å²) in [7, 11) is 0. The van der Waals surface area contributed by atoms with Crippen molar-refractivity contribution >= 4 is 21.8 Å².